The van der Waals surface area contributed by atoms with Crippen molar-refractivity contribution >= 4 is 28.0 Å². The van der Waals surface area contributed by atoms with Gasteiger partial charge in [0.25, 0.3) is 0 Å². The first-order valence-corrected chi connectivity index (χ1v) is 6.40. The molecule has 0 amide bonds. The van der Waals surface area contributed by atoms with E-state index in [1.54, 1.807) is 23.1 Å². The Hall–Kier alpha value is -0.480. The van der Waals surface area contributed by atoms with Crippen molar-refractivity contribution in [1.82, 2.24) is 4.98 Å². The van der Waals surface area contributed by atoms with Crippen molar-refractivity contribution in [3.63, 3.8) is 0 Å². The zero-order valence-corrected chi connectivity index (χ0v) is 10.7. The molecule has 0 saturated heterocycles. The number of nitrogens with zero attached hydrogens (tertiary/aromatic N) is 1. The van der Waals surface area contributed by atoms with Gasteiger partial charge in [0.2, 0.25) is 0 Å². The van der Waals surface area contributed by atoms with Gasteiger partial charge in [-0.25, -0.2) is 4.98 Å². The third-order valence-electron chi connectivity index (χ3n) is 1.76. The minimum Gasteiger partial charge on any atom is -0.401 e. The molecule has 0 atom stereocenters. The Morgan fingerprint density at radius 2 is 2.14 bits per heavy atom. The lowest BCUT2D eigenvalue weighted by Crippen LogP contribution is -1.95. The number of hydrogen-bond donors (Lipinski definition) is 1. The van der Waals surface area contributed by atoms with E-state index >= 15 is 0 Å². The second-order valence-corrected chi connectivity index (χ2v) is 5.57. The summed E-state index contributed by atoms with van der Waals surface area (Å²) in [6.45, 7) is 8.16. The normalized spacial score (nSPS) is 12.9. The first kappa shape index (κ1) is 11.6. The predicted octanol–water partition coefficient (Wildman–Crippen LogP) is 3.16. The summed E-state index contributed by atoms with van der Waals surface area (Å²) in [7, 11) is 0. The first-order chi connectivity index (χ1) is 6.56. The van der Waals surface area contributed by atoms with E-state index in [0.717, 1.165) is 22.2 Å². The summed E-state index contributed by atoms with van der Waals surface area (Å²) in [5, 5.41) is 1.10. The Labute approximate surface area is 93.6 Å². The van der Waals surface area contributed by atoms with Gasteiger partial charge in [-0.3, -0.25) is 0 Å². The van der Waals surface area contributed by atoms with E-state index in [9.17, 15) is 0 Å². The minimum atomic E-state index is 0.892. The molecular weight excluding hydrogens is 212 g/mol. The summed E-state index contributed by atoms with van der Waals surface area (Å²) in [5.41, 5.74) is 7.85. The zero-order valence-electron chi connectivity index (χ0n) is 9.05. The molecule has 78 valence electrons. The molecule has 0 radical (unpaired) electrons. The van der Waals surface area contributed by atoms with E-state index in [0.29, 0.717) is 0 Å². The van der Waals surface area contributed by atoms with Crippen LogP contribution >= 0.6 is 23.1 Å². The average molecular weight is 228 g/mol. The van der Waals surface area contributed by atoms with Gasteiger partial charge in [0.05, 0.1) is 15.6 Å². The van der Waals surface area contributed by atoms with Crippen molar-refractivity contribution in [2.75, 3.05) is 5.75 Å². The van der Waals surface area contributed by atoms with E-state index in [1.807, 2.05) is 20.8 Å². The molecule has 1 rings (SSSR count). The molecule has 0 unspecified atom stereocenters. The highest BCUT2D eigenvalue weighted by atomic mass is 32.2. The minimum absolute atomic E-state index is 0.892. The topological polar surface area (TPSA) is 38.9 Å². The highest BCUT2D eigenvalue weighted by Gasteiger charge is 2.11. The molecular formula is C10H16N2S2. The van der Waals surface area contributed by atoms with Crippen LogP contribution < -0.4 is 5.73 Å². The van der Waals surface area contributed by atoms with Crippen LogP contribution in [0.2, 0.25) is 0 Å². The third kappa shape index (κ3) is 2.51. The highest BCUT2D eigenvalue weighted by Crippen LogP contribution is 2.34. The molecule has 0 aromatic carbocycles. The van der Waals surface area contributed by atoms with Crippen molar-refractivity contribution in [1.29, 1.82) is 0 Å². The van der Waals surface area contributed by atoms with Crippen LogP contribution in [0.15, 0.2) is 5.70 Å². The maximum Gasteiger partial charge on any atom is 0.0903 e. The molecule has 2 N–H and O–H groups in total. The van der Waals surface area contributed by atoms with E-state index in [1.165, 1.54) is 9.78 Å². The Morgan fingerprint density at radius 3 is 2.50 bits per heavy atom. The Kier molecular flexibility index (Phi) is 4.01. The molecule has 0 fully saturated rings. The maximum absolute atomic E-state index is 5.87. The maximum atomic E-state index is 5.87. The monoisotopic (exact) mass is 228 g/mol. The van der Waals surface area contributed by atoms with Crippen LogP contribution in [0.3, 0.4) is 0 Å². The molecule has 2 nitrogen and oxygen atoms in total. The lowest BCUT2D eigenvalue weighted by Gasteiger charge is -2.05. The molecule has 0 bridgehead atoms. The van der Waals surface area contributed by atoms with Crippen molar-refractivity contribution in [2.45, 2.75) is 27.7 Å². The number of aromatic nitrogens is 1. The number of thioether (sulfide) groups is 1. The van der Waals surface area contributed by atoms with Crippen molar-refractivity contribution in [3.05, 3.63) is 21.3 Å². The van der Waals surface area contributed by atoms with Gasteiger partial charge >= 0.3 is 0 Å². The summed E-state index contributed by atoms with van der Waals surface area (Å²) in [6, 6.07) is 0. The lowest BCUT2D eigenvalue weighted by molar-refractivity contribution is 1.19. The van der Waals surface area contributed by atoms with Crippen LogP contribution in [0.25, 0.3) is 4.91 Å². The van der Waals surface area contributed by atoms with Crippen LogP contribution in [-0.4, -0.2) is 10.7 Å². The summed E-state index contributed by atoms with van der Waals surface area (Å²) in [6.07, 6.45) is 0. The van der Waals surface area contributed by atoms with Gasteiger partial charge in [0, 0.05) is 10.6 Å². The van der Waals surface area contributed by atoms with Gasteiger partial charge in [-0.05, 0) is 26.5 Å². The van der Waals surface area contributed by atoms with Gasteiger partial charge in [0.1, 0.15) is 0 Å². The van der Waals surface area contributed by atoms with E-state index in [2.05, 4.69) is 11.9 Å². The van der Waals surface area contributed by atoms with Gasteiger partial charge in [-0.2, -0.15) is 0 Å². The number of thiazole rings is 1. The van der Waals surface area contributed by atoms with Gasteiger partial charge in [-0.1, -0.05) is 6.92 Å². The highest BCUT2D eigenvalue weighted by molar-refractivity contribution is 8.08. The van der Waals surface area contributed by atoms with Gasteiger partial charge in [-0.15, -0.1) is 23.1 Å². The number of aryl methyl sites for hydroxylation is 2. The number of rotatable bonds is 3. The standard InChI is InChI=1S/C10H16N2S2/c1-5-13-9(6(2)11)10-7(3)12-8(4)14-10/h5,11H2,1-4H3/b9-6-. The zero-order chi connectivity index (χ0) is 10.7. The fraction of sp³-hybridized carbons (Fsp3) is 0.500. The number of allylic oxidation sites excluding steroid dienone is 1. The summed E-state index contributed by atoms with van der Waals surface area (Å²) in [5.74, 6) is 1.04. The van der Waals surface area contributed by atoms with Gasteiger partial charge in [0.15, 0.2) is 0 Å². The van der Waals surface area contributed by atoms with Crippen LogP contribution in [0.1, 0.15) is 29.4 Å². The first-order valence-electron chi connectivity index (χ1n) is 4.59. The second-order valence-electron chi connectivity index (χ2n) is 3.09. The molecule has 1 heterocycles. The van der Waals surface area contributed by atoms with Crippen LogP contribution in [0, 0.1) is 13.8 Å². The molecule has 0 aliphatic heterocycles. The molecule has 1 aromatic heterocycles. The fourth-order valence-corrected chi connectivity index (χ4v) is 3.27. The summed E-state index contributed by atoms with van der Waals surface area (Å²) < 4.78 is 0. The smallest absolute Gasteiger partial charge is 0.0903 e. The summed E-state index contributed by atoms with van der Waals surface area (Å²) >= 11 is 3.51. The second kappa shape index (κ2) is 4.84. The van der Waals surface area contributed by atoms with Crippen LogP contribution in [-0.2, 0) is 0 Å². The average Bonchev–Trinajstić information content (AvgIpc) is 2.40. The number of nitrogens with two attached hydrogens (primary N) is 1. The molecule has 14 heavy (non-hydrogen) atoms. The van der Waals surface area contributed by atoms with Crippen molar-refractivity contribution in [3.8, 4) is 0 Å². The molecule has 4 heteroatoms. The molecule has 1 aromatic rings. The van der Waals surface area contributed by atoms with Gasteiger partial charge < -0.3 is 5.73 Å². The largest absolute Gasteiger partial charge is 0.401 e. The van der Waals surface area contributed by atoms with Crippen LogP contribution in [0.4, 0.5) is 0 Å². The van der Waals surface area contributed by atoms with Crippen LogP contribution in [0.5, 0.6) is 0 Å². The molecule has 0 saturated carbocycles. The molecule has 0 aliphatic rings. The van der Waals surface area contributed by atoms with E-state index in [-0.39, 0.29) is 0 Å². The number of hydrogen-bond acceptors (Lipinski definition) is 4. The quantitative estimate of drug-likeness (QED) is 0.863. The van der Waals surface area contributed by atoms with Crippen molar-refractivity contribution < 1.29 is 0 Å². The lowest BCUT2D eigenvalue weighted by atomic mass is 10.3. The van der Waals surface area contributed by atoms with Crippen molar-refractivity contribution in [2.24, 2.45) is 5.73 Å². The Morgan fingerprint density at radius 1 is 1.50 bits per heavy atom. The Bertz CT molecular complexity index is 349. The fourth-order valence-electron chi connectivity index (χ4n) is 1.24. The van der Waals surface area contributed by atoms with E-state index < -0.39 is 0 Å². The molecule has 0 aliphatic carbocycles. The Balaban J connectivity index is 3.12. The summed E-state index contributed by atoms with van der Waals surface area (Å²) in [4.78, 5) is 6.83. The predicted molar refractivity (Wildman–Crippen MR) is 66.5 cm³/mol. The van der Waals surface area contributed by atoms with E-state index in [4.69, 9.17) is 5.73 Å². The SMILES string of the molecule is CCS/C(=C(/C)N)c1sc(C)nc1C. The molecule has 0 spiro atoms. The third-order valence-corrected chi connectivity index (χ3v) is 4.08.